The number of hydrogen-bond acceptors (Lipinski definition) is 0. The molecule has 0 saturated carbocycles. The monoisotopic (exact) mass is 280 g/mol. The smallest absolute Gasteiger partial charge is 0.00240 e. The first-order valence-corrected chi connectivity index (χ1v) is 9.10. The molecular weight excluding hydrogens is 260 g/mol. The fourth-order valence-corrected chi connectivity index (χ4v) is 5.90. The Balaban J connectivity index is 2.18. The maximum atomic E-state index is 2.43. The lowest BCUT2D eigenvalue weighted by Gasteiger charge is -2.40. The number of hydrogen-bond donors (Lipinski definition) is 0. The van der Waals surface area contributed by atoms with Crippen molar-refractivity contribution in [3.05, 3.63) is 83.8 Å². The van der Waals surface area contributed by atoms with Gasteiger partial charge >= 0.3 is 0 Å². The van der Waals surface area contributed by atoms with Crippen LogP contribution in [0, 0.1) is 0 Å². The van der Waals surface area contributed by atoms with Crippen LogP contribution in [0.15, 0.2) is 93.6 Å². The van der Waals surface area contributed by atoms with Gasteiger partial charge in [0.05, 0.1) is 0 Å². The summed E-state index contributed by atoms with van der Waals surface area (Å²) in [6.07, 6.45) is 11.6. The van der Waals surface area contributed by atoms with E-state index < -0.39 is 10.0 Å². The molecule has 0 aromatic heterocycles. The molecule has 2 aromatic rings. The average molecular weight is 280 g/mol. The van der Waals surface area contributed by atoms with E-state index in [0.29, 0.717) is 0 Å². The van der Waals surface area contributed by atoms with Crippen LogP contribution in [0.1, 0.15) is 12.8 Å². The highest BCUT2D eigenvalue weighted by Crippen LogP contribution is 2.66. The van der Waals surface area contributed by atoms with Gasteiger partial charge < -0.3 is 0 Å². The van der Waals surface area contributed by atoms with Crippen LogP contribution in [0.3, 0.4) is 0 Å². The third-order valence-corrected chi connectivity index (χ3v) is 7.75. The molecule has 1 heteroatoms. The van der Waals surface area contributed by atoms with Gasteiger partial charge in [0, 0.05) is 0 Å². The van der Waals surface area contributed by atoms with E-state index in [1.54, 1.807) is 4.91 Å². The van der Waals surface area contributed by atoms with Gasteiger partial charge in [-0.05, 0) is 58.1 Å². The van der Waals surface area contributed by atoms with Crippen molar-refractivity contribution in [3.8, 4) is 0 Å². The minimum absolute atomic E-state index is 1.09. The predicted molar refractivity (Wildman–Crippen MR) is 89.4 cm³/mol. The highest BCUT2D eigenvalue weighted by Gasteiger charge is 2.27. The van der Waals surface area contributed by atoms with Gasteiger partial charge in [-0.2, -0.15) is 10.0 Å². The Kier molecular flexibility index (Phi) is 3.79. The van der Waals surface area contributed by atoms with Crippen molar-refractivity contribution in [1.29, 1.82) is 0 Å². The molecule has 0 unspecified atom stereocenters. The molecule has 0 heterocycles. The summed E-state index contributed by atoms with van der Waals surface area (Å²) < 4.78 is 0. The van der Waals surface area contributed by atoms with Crippen LogP contribution >= 0.6 is 10.0 Å². The highest BCUT2D eigenvalue weighted by atomic mass is 32.3. The fraction of sp³-hybridized carbons (Fsp3) is 0.158. The van der Waals surface area contributed by atoms with Crippen molar-refractivity contribution in [2.45, 2.75) is 22.6 Å². The molecule has 0 fully saturated rings. The Labute approximate surface area is 123 Å². The molecule has 0 radical (unpaired) electrons. The quantitative estimate of drug-likeness (QED) is 0.669. The third kappa shape index (κ3) is 2.34. The Morgan fingerprint density at radius 1 is 0.800 bits per heavy atom. The summed E-state index contributed by atoms with van der Waals surface area (Å²) in [6.45, 7) is 0. The molecule has 0 atom stereocenters. The topological polar surface area (TPSA) is 0 Å². The molecule has 0 N–H and O–H groups in total. The van der Waals surface area contributed by atoms with Crippen molar-refractivity contribution in [3.63, 3.8) is 0 Å². The number of rotatable bonds is 3. The van der Waals surface area contributed by atoms with Crippen LogP contribution in [0.4, 0.5) is 0 Å². The Hall–Kier alpha value is -1.73. The van der Waals surface area contributed by atoms with Crippen molar-refractivity contribution < 1.29 is 0 Å². The summed E-state index contributed by atoms with van der Waals surface area (Å²) in [5, 5.41) is 0. The van der Waals surface area contributed by atoms with Gasteiger partial charge in [-0.15, -0.1) is 0 Å². The molecule has 0 nitrogen and oxygen atoms in total. The zero-order valence-corrected chi connectivity index (χ0v) is 12.6. The Morgan fingerprint density at radius 3 is 1.80 bits per heavy atom. The predicted octanol–water partition coefficient (Wildman–Crippen LogP) is 5.77. The normalized spacial score (nSPS) is 15.8. The molecule has 0 bridgehead atoms. The summed E-state index contributed by atoms with van der Waals surface area (Å²) in [7, 11) is -1.09. The van der Waals surface area contributed by atoms with E-state index >= 15 is 0 Å². The van der Waals surface area contributed by atoms with E-state index in [1.807, 2.05) is 0 Å². The van der Waals surface area contributed by atoms with Crippen molar-refractivity contribution in [1.82, 2.24) is 0 Å². The second-order valence-corrected chi connectivity index (χ2v) is 8.45. The van der Waals surface area contributed by atoms with Crippen molar-refractivity contribution in [2.24, 2.45) is 0 Å². The zero-order chi connectivity index (χ0) is 13.8. The first-order valence-electron chi connectivity index (χ1n) is 7.06. The molecule has 0 saturated heterocycles. The number of allylic oxidation sites excluding steroid dienone is 4. The number of benzene rings is 2. The van der Waals surface area contributed by atoms with Crippen molar-refractivity contribution >= 4 is 10.0 Å². The molecule has 3 rings (SSSR count). The van der Waals surface area contributed by atoms with Crippen LogP contribution in [0.5, 0.6) is 0 Å². The summed E-state index contributed by atoms with van der Waals surface area (Å²) >= 11 is 0. The van der Waals surface area contributed by atoms with E-state index in [-0.39, 0.29) is 0 Å². The maximum absolute atomic E-state index is 2.43. The third-order valence-electron chi connectivity index (χ3n) is 3.93. The van der Waals surface area contributed by atoms with Gasteiger partial charge in [0.1, 0.15) is 0 Å². The van der Waals surface area contributed by atoms with Gasteiger partial charge in [0.25, 0.3) is 0 Å². The molecule has 102 valence electrons. The highest BCUT2D eigenvalue weighted by molar-refractivity contribution is 8.36. The van der Waals surface area contributed by atoms with E-state index in [4.69, 9.17) is 0 Å². The largest absolute Gasteiger partial charge is 0.167 e. The van der Waals surface area contributed by atoms with Crippen LogP contribution < -0.4 is 0 Å². The van der Waals surface area contributed by atoms with E-state index in [1.165, 1.54) is 16.2 Å². The summed E-state index contributed by atoms with van der Waals surface area (Å²) in [5.41, 5.74) is 0. The average Bonchev–Trinajstić information content (AvgIpc) is 2.56. The Bertz CT molecular complexity index is 584. The van der Waals surface area contributed by atoms with Gasteiger partial charge in [-0.3, -0.25) is 0 Å². The standard InChI is InChI=1S/C19H20S/c1-20(17-11-5-2-6-12-17,18-13-7-3-8-14-18)19-15-9-4-10-16-19/h2-9,11-15H,10,16H2,1H3. The van der Waals surface area contributed by atoms with Crippen LogP contribution in [0.25, 0.3) is 0 Å². The first-order chi connectivity index (χ1) is 9.82. The van der Waals surface area contributed by atoms with Gasteiger partial charge in [-0.25, -0.2) is 0 Å². The first kappa shape index (κ1) is 13.3. The summed E-state index contributed by atoms with van der Waals surface area (Å²) in [4.78, 5) is 4.48. The van der Waals surface area contributed by atoms with E-state index in [2.05, 4.69) is 85.1 Å². The van der Waals surface area contributed by atoms with Crippen LogP contribution in [-0.4, -0.2) is 6.26 Å². The molecular formula is C19H20S. The molecule has 1 aliphatic rings. The SMILES string of the molecule is CS(C1=CC=CCC1)(c1ccccc1)c1ccccc1. The molecule has 2 aromatic carbocycles. The van der Waals surface area contributed by atoms with E-state index in [9.17, 15) is 0 Å². The van der Waals surface area contributed by atoms with Gasteiger partial charge in [0.15, 0.2) is 0 Å². The van der Waals surface area contributed by atoms with Gasteiger partial charge in [-0.1, -0.05) is 54.6 Å². The summed E-state index contributed by atoms with van der Waals surface area (Å²) in [6, 6.07) is 21.9. The Morgan fingerprint density at radius 2 is 1.35 bits per heavy atom. The van der Waals surface area contributed by atoms with Gasteiger partial charge in [0.2, 0.25) is 0 Å². The lowest BCUT2D eigenvalue weighted by atomic mass is 10.2. The second-order valence-electron chi connectivity index (χ2n) is 5.14. The van der Waals surface area contributed by atoms with Crippen molar-refractivity contribution in [2.75, 3.05) is 6.26 Å². The lowest BCUT2D eigenvalue weighted by Crippen LogP contribution is -2.05. The second kappa shape index (κ2) is 5.72. The van der Waals surface area contributed by atoms with Crippen LogP contribution in [-0.2, 0) is 0 Å². The van der Waals surface area contributed by atoms with E-state index in [0.717, 1.165) is 6.42 Å². The zero-order valence-electron chi connectivity index (χ0n) is 11.8. The fourth-order valence-electron chi connectivity index (χ4n) is 2.74. The maximum Gasteiger partial charge on any atom is -0.00240 e. The summed E-state index contributed by atoms with van der Waals surface area (Å²) in [5.74, 6) is 0. The molecule has 0 amide bonds. The molecule has 1 aliphatic carbocycles. The molecule has 0 spiro atoms. The minimum atomic E-state index is -1.09. The molecule has 20 heavy (non-hydrogen) atoms. The lowest BCUT2D eigenvalue weighted by molar-refractivity contribution is 1.01. The molecule has 0 aliphatic heterocycles. The van der Waals surface area contributed by atoms with Crippen LogP contribution in [0.2, 0.25) is 0 Å². The minimum Gasteiger partial charge on any atom is -0.167 e.